The molecule has 2 heterocycles. The van der Waals surface area contributed by atoms with E-state index >= 15 is 0 Å². The molecular formula is C20H25N3O5S. The Balaban J connectivity index is 0.00000204. The molecule has 0 fully saturated rings. The molecule has 2 rings (SSSR count). The van der Waals surface area contributed by atoms with E-state index in [-0.39, 0.29) is 11.3 Å². The van der Waals surface area contributed by atoms with E-state index in [0.29, 0.717) is 5.69 Å². The van der Waals surface area contributed by atoms with Gasteiger partial charge >= 0.3 is 5.97 Å². The highest BCUT2D eigenvalue weighted by Gasteiger charge is 2.16. The molecule has 0 bridgehead atoms. The molecule has 2 aromatic rings. The van der Waals surface area contributed by atoms with Gasteiger partial charge in [0.15, 0.2) is 6.61 Å². The molecule has 0 aromatic carbocycles. The second-order valence-corrected chi connectivity index (χ2v) is 6.65. The summed E-state index contributed by atoms with van der Waals surface area (Å²) in [5.41, 5.74) is 4.84. The van der Waals surface area contributed by atoms with Gasteiger partial charge in [-0.05, 0) is 32.1 Å². The lowest BCUT2D eigenvalue weighted by molar-refractivity contribution is -0.140. The number of hydrogen-bond donors (Lipinski definition) is 4. The van der Waals surface area contributed by atoms with Gasteiger partial charge in [-0.15, -0.1) is 11.3 Å². The number of aryl methyl sites for hydroxylation is 1. The fraction of sp³-hybridized carbons (Fsp3) is 0.250. The summed E-state index contributed by atoms with van der Waals surface area (Å²) >= 11 is 1.52. The van der Waals surface area contributed by atoms with Crippen LogP contribution in [-0.4, -0.2) is 34.5 Å². The molecule has 0 radical (unpaired) electrons. The zero-order valence-electron chi connectivity index (χ0n) is 16.8. The molecular weight excluding hydrogens is 394 g/mol. The monoisotopic (exact) mass is 419 g/mol. The predicted octanol–water partition coefficient (Wildman–Crippen LogP) is 3.44. The lowest BCUT2D eigenvalue weighted by Gasteiger charge is -2.11. The average molecular weight is 420 g/mol. The van der Waals surface area contributed by atoms with Crippen LogP contribution in [0.15, 0.2) is 48.3 Å². The van der Waals surface area contributed by atoms with Crippen LogP contribution in [0.5, 0.6) is 0 Å². The maximum absolute atomic E-state index is 12.3. The second-order valence-electron chi connectivity index (χ2n) is 5.40. The number of amides is 2. The topological polar surface area (TPSA) is 121 Å². The molecule has 4 N–H and O–H groups in total. The summed E-state index contributed by atoms with van der Waals surface area (Å²) in [6.07, 6.45) is 4.23. The Kier molecular flexibility index (Phi) is 9.40. The minimum absolute atomic E-state index is 0.0160. The number of carboxylic acid groups (broad SMARTS) is 1. The van der Waals surface area contributed by atoms with Crippen LogP contribution in [0.25, 0.3) is 10.2 Å². The smallest absolute Gasteiger partial charge is 0.341 e. The molecule has 29 heavy (non-hydrogen) atoms. The Morgan fingerprint density at radius 1 is 1.28 bits per heavy atom. The van der Waals surface area contributed by atoms with Gasteiger partial charge in [0.05, 0.1) is 5.57 Å². The Morgan fingerprint density at radius 3 is 2.52 bits per heavy atom. The van der Waals surface area contributed by atoms with Crippen molar-refractivity contribution in [1.29, 1.82) is 0 Å². The molecule has 0 unspecified atom stereocenters. The van der Waals surface area contributed by atoms with Crippen molar-refractivity contribution in [3.63, 3.8) is 0 Å². The molecule has 156 valence electrons. The highest BCUT2D eigenvalue weighted by Crippen LogP contribution is 2.25. The molecule has 0 aliphatic heterocycles. The van der Waals surface area contributed by atoms with Crippen LogP contribution in [-0.2, 0) is 14.3 Å². The number of thiophene rings is 1. The van der Waals surface area contributed by atoms with Crippen LogP contribution in [0.1, 0.15) is 36.1 Å². The Labute approximate surface area is 172 Å². The van der Waals surface area contributed by atoms with E-state index in [2.05, 4.69) is 22.4 Å². The highest BCUT2D eigenvalue weighted by molar-refractivity contribution is 7.18. The first kappa shape index (κ1) is 23.7. The number of ether oxygens (including phenoxy) is 1. The number of hydrazine groups is 1. The quantitative estimate of drug-likeness (QED) is 0.237. The molecule has 0 aliphatic rings. The van der Waals surface area contributed by atoms with Crippen LogP contribution in [0.4, 0.5) is 0 Å². The Morgan fingerprint density at radius 2 is 1.97 bits per heavy atom. The third-order valence-electron chi connectivity index (χ3n) is 3.35. The number of carboxylic acids is 1. The molecule has 0 saturated carbocycles. The van der Waals surface area contributed by atoms with Gasteiger partial charge in [-0.25, -0.2) is 4.79 Å². The molecule has 0 spiro atoms. The Bertz CT molecular complexity index is 921. The van der Waals surface area contributed by atoms with E-state index in [9.17, 15) is 14.4 Å². The van der Waals surface area contributed by atoms with Crippen molar-refractivity contribution in [1.82, 2.24) is 15.8 Å². The number of rotatable bonds is 7. The highest BCUT2D eigenvalue weighted by atomic mass is 32.1. The summed E-state index contributed by atoms with van der Waals surface area (Å²) in [4.78, 5) is 40.2. The zero-order valence-corrected chi connectivity index (χ0v) is 17.6. The van der Waals surface area contributed by atoms with Crippen LogP contribution in [0.2, 0.25) is 0 Å². The third kappa shape index (κ3) is 6.65. The third-order valence-corrected chi connectivity index (χ3v) is 4.33. The summed E-state index contributed by atoms with van der Waals surface area (Å²) in [6.45, 7) is 10.6. The largest absolute Gasteiger partial charge is 0.481 e. The van der Waals surface area contributed by atoms with E-state index in [1.165, 1.54) is 23.5 Å². The molecule has 2 amide bonds. The molecule has 9 heteroatoms. The van der Waals surface area contributed by atoms with E-state index in [0.717, 1.165) is 15.1 Å². The predicted molar refractivity (Wildman–Crippen MR) is 113 cm³/mol. The van der Waals surface area contributed by atoms with Crippen molar-refractivity contribution in [3.8, 4) is 0 Å². The number of allylic oxidation sites excluding steroid dienone is 2. The van der Waals surface area contributed by atoms with Gasteiger partial charge in [0.25, 0.3) is 11.8 Å². The molecule has 2 aromatic heterocycles. The maximum Gasteiger partial charge on any atom is 0.341 e. The number of H-pyrrole nitrogens is 1. The number of aliphatic carboxylic acids is 1. The number of carbonyl (C=O) groups excluding carboxylic acids is 2. The summed E-state index contributed by atoms with van der Waals surface area (Å²) < 4.78 is 5.09. The first-order chi connectivity index (χ1) is 13.8. The normalized spacial score (nSPS) is 11.3. The van der Waals surface area contributed by atoms with Crippen molar-refractivity contribution in [2.45, 2.75) is 27.7 Å². The molecule has 0 saturated heterocycles. The van der Waals surface area contributed by atoms with Gasteiger partial charge in [0.1, 0.15) is 16.3 Å². The summed E-state index contributed by atoms with van der Waals surface area (Å²) in [6, 6.07) is 3.64. The van der Waals surface area contributed by atoms with Crippen LogP contribution in [0, 0.1) is 6.92 Å². The van der Waals surface area contributed by atoms with Crippen LogP contribution in [0.3, 0.4) is 0 Å². The van der Waals surface area contributed by atoms with Crippen LogP contribution >= 0.6 is 11.3 Å². The van der Waals surface area contributed by atoms with E-state index in [1.54, 1.807) is 19.1 Å². The minimum atomic E-state index is -1.18. The first-order valence-electron chi connectivity index (χ1n) is 8.89. The average Bonchev–Trinajstić information content (AvgIpc) is 3.23. The second kappa shape index (κ2) is 11.5. The minimum Gasteiger partial charge on any atom is -0.481 e. The van der Waals surface area contributed by atoms with Crippen LogP contribution < -0.4 is 10.9 Å². The zero-order chi connectivity index (χ0) is 22.0. The van der Waals surface area contributed by atoms with E-state index in [4.69, 9.17) is 9.84 Å². The van der Waals surface area contributed by atoms with Crippen molar-refractivity contribution < 1.29 is 24.2 Å². The van der Waals surface area contributed by atoms with Gasteiger partial charge < -0.3 is 14.8 Å². The summed E-state index contributed by atoms with van der Waals surface area (Å²) in [5.74, 6) is -2.37. The number of aromatic nitrogens is 1. The number of hydrogen-bond acceptors (Lipinski definition) is 5. The fourth-order valence-corrected chi connectivity index (χ4v) is 3.14. The van der Waals surface area contributed by atoms with Crippen molar-refractivity contribution in [2.75, 3.05) is 6.61 Å². The number of aromatic amines is 1. The first-order valence-corrected chi connectivity index (χ1v) is 9.71. The van der Waals surface area contributed by atoms with Gasteiger partial charge in [-0.2, -0.15) is 0 Å². The molecule has 0 atom stereocenters. The lowest BCUT2D eigenvalue weighted by atomic mass is 10.2. The number of nitrogens with one attached hydrogen (secondary N) is 3. The van der Waals surface area contributed by atoms with Crippen molar-refractivity contribution >= 4 is 39.3 Å². The maximum atomic E-state index is 12.3. The van der Waals surface area contributed by atoms with Gasteiger partial charge in [-0.3, -0.25) is 20.4 Å². The van der Waals surface area contributed by atoms with Gasteiger partial charge in [0.2, 0.25) is 0 Å². The summed E-state index contributed by atoms with van der Waals surface area (Å²) in [5, 5.41) is 9.64. The summed E-state index contributed by atoms with van der Waals surface area (Å²) in [7, 11) is 0. The standard InChI is InChI=1S/C18H19N3O5S.C2H6/c1-4-6-14(26-9-15(22)23)12(5-2)16(24)20-21-17(25)13-8-11-7-10(3)27-18(11)19-13;1-2/h4-8,19H,2,9H2,1,3H3,(H,20,24)(H,21,25)(H,22,23);1-2H3/b6-4-,14-12-;. The van der Waals surface area contributed by atoms with Gasteiger partial charge in [0, 0.05) is 10.3 Å². The van der Waals surface area contributed by atoms with E-state index < -0.39 is 24.4 Å². The van der Waals surface area contributed by atoms with Crippen molar-refractivity contribution in [3.05, 3.63) is 58.8 Å². The SMILES string of the molecule is C=C/C(C(=O)NNC(=O)c1cc2cc(C)sc2[nH]1)=C(\C=C/C)OCC(=O)O.CC. The van der Waals surface area contributed by atoms with E-state index in [1.807, 2.05) is 26.8 Å². The number of fused-ring (bicyclic) bond motifs is 1. The number of carbonyl (C=O) groups is 3. The fourth-order valence-electron chi connectivity index (χ4n) is 2.23. The van der Waals surface area contributed by atoms with Crippen molar-refractivity contribution in [2.24, 2.45) is 0 Å². The lowest BCUT2D eigenvalue weighted by Crippen LogP contribution is -2.42. The van der Waals surface area contributed by atoms with Gasteiger partial charge in [-0.1, -0.05) is 32.6 Å². The Hall–Kier alpha value is -3.33. The molecule has 0 aliphatic carbocycles. The molecule has 8 nitrogen and oxygen atoms in total.